The van der Waals surface area contributed by atoms with Crippen molar-refractivity contribution in [3.8, 4) is 17.2 Å². The van der Waals surface area contributed by atoms with E-state index < -0.39 is 0 Å². The molecule has 0 atom stereocenters. The van der Waals surface area contributed by atoms with Crippen LogP contribution in [0.3, 0.4) is 0 Å². The molecule has 0 aliphatic heterocycles. The first-order valence-corrected chi connectivity index (χ1v) is 8.08. The number of nitrogens with zero attached hydrogens (tertiary/aromatic N) is 1. The van der Waals surface area contributed by atoms with Crippen LogP contribution in [0.5, 0.6) is 17.2 Å². The Morgan fingerprint density at radius 3 is 2.16 bits per heavy atom. The van der Waals surface area contributed by atoms with E-state index in [2.05, 4.69) is 15.6 Å². The number of halogens is 1. The minimum atomic E-state index is -0.0165. The fourth-order valence-corrected chi connectivity index (χ4v) is 2.50. The van der Waals surface area contributed by atoms with Crippen LogP contribution in [-0.4, -0.2) is 32.3 Å². The van der Waals surface area contributed by atoms with E-state index in [-0.39, 0.29) is 5.75 Å². The zero-order chi connectivity index (χ0) is 18.2. The molecular formula is C18H22ClN3O3. The molecule has 0 saturated carbocycles. The molecule has 2 aromatic carbocycles. The second-order valence-electron chi connectivity index (χ2n) is 5.26. The molecule has 0 bridgehead atoms. The number of ether oxygens (including phenoxy) is 2. The predicted molar refractivity (Wildman–Crippen MR) is 99.7 cm³/mol. The average Bonchev–Trinajstić information content (AvgIpc) is 2.62. The fourth-order valence-electron chi connectivity index (χ4n) is 2.29. The summed E-state index contributed by atoms with van der Waals surface area (Å²) in [7, 11) is 4.69. The maximum Gasteiger partial charge on any atom is 0.200 e. The number of hydrogen-bond donors (Lipinski definition) is 3. The molecule has 0 aliphatic carbocycles. The van der Waals surface area contributed by atoms with E-state index in [1.165, 1.54) is 14.2 Å². The number of benzene rings is 2. The van der Waals surface area contributed by atoms with E-state index >= 15 is 0 Å². The highest BCUT2D eigenvalue weighted by molar-refractivity contribution is 6.30. The van der Waals surface area contributed by atoms with Gasteiger partial charge in [-0.05, 0) is 35.4 Å². The first kappa shape index (κ1) is 18.7. The Hall–Kier alpha value is -2.60. The van der Waals surface area contributed by atoms with E-state index in [9.17, 15) is 5.11 Å². The van der Waals surface area contributed by atoms with Crippen molar-refractivity contribution in [2.45, 2.75) is 13.1 Å². The van der Waals surface area contributed by atoms with Crippen LogP contribution in [0.4, 0.5) is 0 Å². The van der Waals surface area contributed by atoms with Gasteiger partial charge in [-0.1, -0.05) is 23.7 Å². The van der Waals surface area contributed by atoms with Crippen molar-refractivity contribution in [1.29, 1.82) is 0 Å². The Bertz CT molecular complexity index is 725. The number of nitrogens with one attached hydrogen (secondary N) is 2. The van der Waals surface area contributed by atoms with Gasteiger partial charge < -0.3 is 25.2 Å². The van der Waals surface area contributed by atoms with Gasteiger partial charge in [0, 0.05) is 25.2 Å². The smallest absolute Gasteiger partial charge is 0.200 e. The van der Waals surface area contributed by atoms with Crippen molar-refractivity contribution < 1.29 is 14.6 Å². The molecule has 0 spiro atoms. The lowest BCUT2D eigenvalue weighted by atomic mass is 10.2. The summed E-state index contributed by atoms with van der Waals surface area (Å²) in [5, 5.41) is 17.1. The molecule has 0 heterocycles. The molecule has 0 aliphatic rings. The number of rotatable bonds is 6. The first-order chi connectivity index (χ1) is 12.1. The number of aliphatic imine (C=N–C) groups is 1. The quantitative estimate of drug-likeness (QED) is 0.543. The van der Waals surface area contributed by atoms with Crippen molar-refractivity contribution >= 4 is 17.6 Å². The van der Waals surface area contributed by atoms with Crippen molar-refractivity contribution in [1.82, 2.24) is 10.6 Å². The van der Waals surface area contributed by atoms with E-state index in [1.807, 2.05) is 24.3 Å². The molecule has 0 unspecified atom stereocenters. The van der Waals surface area contributed by atoms with Gasteiger partial charge in [-0.3, -0.25) is 4.99 Å². The summed E-state index contributed by atoms with van der Waals surface area (Å²) in [5.41, 5.74) is 1.95. The lowest BCUT2D eigenvalue weighted by Gasteiger charge is -2.14. The van der Waals surface area contributed by atoms with E-state index in [0.29, 0.717) is 35.6 Å². The van der Waals surface area contributed by atoms with E-state index in [1.54, 1.807) is 19.2 Å². The molecule has 7 heteroatoms. The topological polar surface area (TPSA) is 75.1 Å². The minimum Gasteiger partial charge on any atom is -0.502 e. The van der Waals surface area contributed by atoms with Gasteiger partial charge in [0.25, 0.3) is 0 Å². The van der Waals surface area contributed by atoms with Crippen molar-refractivity contribution in [3.63, 3.8) is 0 Å². The number of phenolic OH excluding ortho intramolecular Hbond substituents is 1. The first-order valence-electron chi connectivity index (χ1n) is 7.70. The highest BCUT2D eigenvalue weighted by Gasteiger charge is 2.11. The Labute approximate surface area is 152 Å². The normalized spacial score (nSPS) is 11.1. The molecule has 2 aromatic rings. The predicted octanol–water partition coefficient (Wildman–Crippen LogP) is 2.93. The van der Waals surface area contributed by atoms with Crippen LogP contribution in [0, 0.1) is 0 Å². The lowest BCUT2D eigenvalue weighted by molar-refractivity contribution is 0.339. The zero-order valence-electron chi connectivity index (χ0n) is 14.5. The van der Waals surface area contributed by atoms with Crippen LogP contribution in [0.2, 0.25) is 5.02 Å². The highest BCUT2D eigenvalue weighted by atomic mass is 35.5. The summed E-state index contributed by atoms with van der Waals surface area (Å²) in [6.07, 6.45) is 0. The van der Waals surface area contributed by atoms with Gasteiger partial charge in [0.15, 0.2) is 17.5 Å². The molecule has 0 amide bonds. The number of phenols is 1. The highest BCUT2D eigenvalue weighted by Crippen LogP contribution is 2.36. The van der Waals surface area contributed by atoms with Crippen LogP contribution < -0.4 is 20.1 Å². The van der Waals surface area contributed by atoms with Crippen LogP contribution in [0.25, 0.3) is 0 Å². The third-order valence-electron chi connectivity index (χ3n) is 3.57. The molecule has 0 radical (unpaired) electrons. The molecule has 134 valence electrons. The van der Waals surface area contributed by atoms with Gasteiger partial charge in [-0.2, -0.15) is 0 Å². The molecule has 2 rings (SSSR count). The van der Waals surface area contributed by atoms with Gasteiger partial charge in [0.2, 0.25) is 5.75 Å². The van der Waals surface area contributed by atoms with Gasteiger partial charge in [0.1, 0.15) is 0 Å². The van der Waals surface area contributed by atoms with Gasteiger partial charge >= 0.3 is 0 Å². The Morgan fingerprint density at radius 1 is 1.04 bits per heavy atom. The summed E-state index contributed by atoms with van der Waals surface area (Å²) in [6, 6.07) is 11.1. The molecule has 0 fully saturated rings. The fraction of sp³-hybridized carbons (Fsp3) is 0.278. The second-order valence-corrected chi connectivity index (χ2v) is 5.69. The van der Waals surface area contributed by atoms with Crippen LogP contribution in [0.1, 0.15) is 11.1 Å². The van der Waals surface area contributed by atoms with Crippen molar-refractivity contribution in [3.05, 3.63) is 52.5 Å². The van der Waals surface area contributed by atoms with Gasteiger partial charge in [-0.15, -0.1) is 0 Å². The summed E-state index contributed by atoms with van der Waals surface area (Å²) >= 11 is 5.99. The summed E-state index contributed by atoms with van der Waals surface area (Å²) < 4.78 is 10.3. The van der Waals surface area contributed by atoms with Crippen LogP contribution in [-0.2, 0) is 13.1 Å². The number of methoxy groups -OCH3 is 2. The summed E-state index contributed by atoms with van der Waals surface area (Å²) in [5.74, 6) is 1.35. The lowest BCUT2D eigenvalue weighted by Crippen LogP contribution is -2.36. The van der Waals surface area contributed by atoms with E-state index in [0.717, 1.165) is 11.1 Å². The Balaban J connectivity index is 1.99. The molecule has 0 saturated heterocycles. The maximum atomic E-state index is 9.95. The minimum absolute atomic E-state index is 0.0165. The SMILES string of the molecule is CN=C(NCc1cccc(Cl)c1)NCc1cc(OC)c(O)c(OC)c1. The number of hydrogen-bond acceptors (Lipinski definition) is 4. The second kappa shape index (κ2) is 9.03. The molecule has 0 aromatic heterocycles. The molecule has 25 heavy (non-hydrogen) atoms. The number of guanidine groups is 1. The third-order valence-corrected chi connectivity index (χ3v) is 3.81. The largest absolute Gasteiger partial charge is 0.502 e. The number of aromatic hydroxyl groups is 1. The Kier molecular flexibility index (Phi) is 6.77. The maximum absolute atomic E-state index is 9.95. The van der Waals surface area contributed by atoms with E-state index in [4.69, 9.17) is 21.1 Å². The average molecular weight is 364 g/mol. The van der Waals surface area contributed by atoms with Crippen LogP contribution in [0.15, 0.2) is 41.4 Å². The monoisotopic (exact) mass is 363 g/mol. The molecule has 3 N–H and O–H groups in total. The third kappa shape index (κ3) is 5.19. The van der Waals surface area contributed by atoms with Crippen LogP contribution >= 0.6 is 11.6 Å². The molecular weight excluding hydrogens is 342 g/mol. The van der Waals surface area contributed by atoms with Crippen molar-refractivity contribution in [2.24, 2.45) is 4.99 Å². The standard InChI is InChI=1S/C18H22ClN3O3/c1-20-18(21-10-12-5-4-6-14(19)7-12)22-11-13-8-15(24-2)17(23)16(9-13)25-3/h4-9,23H,10-11H2,1-3H3,(H2,20,21,22). The Morgan fingerprint density at radius 2 is 1.64 bits per heavy atom. The van der Waals surface area contributed by atoms with Gasteiger partial charge in [-0.25, -0.2) is 0 Å². The van der Waals surface area contributed by atoms with Gasteiger partial charge in [0.05, 0.1) is 14.2 Å². The molecule has 6 nitrogen and oxygen atoms in total. The summed E-state index contributed by atoms with van der Waals surface area (Å²) in [6.45, 7) is 1.09. The summed E-state index contributed by atoms with van der Waals surface area (Å²) in [4.78, 5) is 4.19. The van der Waals surface area contributed by atoms with Crippen molar-refractivity contribution in [2.75, 3.05) is 21.3 Å². The zero-order valence-corrected chi connectivity index (χ0v) is 15.2.